The predicted octanol–water partition coefficient (Wildman–Crippen LogP) is -0.419. The molecule has 0 spiro atoms. The first kappa shape index (κ1) is 25.4. The Bertz CT molecular complexity index is 988. The number of para-hydroxylation sites is 1. The highest BCUT2D eigenvalue weighted by molar-refractivity contribution is 6.11. The molecule has 1 atom stereocenters. The number of rotatable bonds is 5. The molecule has 32 heavy (non-hydrogen) atoms. The number of nitrogens with one attached hydrogen (secondary N) is 1. The number of amidine groups is 1. The fourth-order valence-electron chi connectivity index (χ4n) is 3.61. The molecule has 1 aliphatic rings. The second-order valence-electron chi connectivity index (χ2n) is 7.61. The van der Waals surface area contributed by atoms with E-state index in [0.29, 0.717) is 11.3 Å². The summed E-state index contributed by atoms with van der Waals surface area (Å²) in [6, 6.07) is 11.2. The van der Waals surface area contributed by atoms with Crippen molar-refractivity contribution in [3.63, 3.8) is 0 Å². The van der Waals surface area contributed by atoms with E-state index in [-0.39, 0.29) is 40.0 Å². The molecule has 9 heteroatoms. The summed E-state index contributed by atoms with van der Waals surface area (Å²) in [4.78, 5) is 32.2. The molecule has 1 aliphatic heterocycles. The van der Waals surface area contributed by atoms with Crippen LogP contribution in [-0.2, 0) is 4.74 Å². The number of ether oxygens (including phenoxy) is 1. The van der Waals surface area contributed by atoms with Crippen LogP contribution < -0.4 is 28.0 Å². The monoisotopic (exact) mass is 504 g/mol. The fourth-order valence-corrected chi connectivity index (χ4v) is 3.61. The van der Waals surface area contributed by atoms with Crippen LogP contribution in [0.1, 0.15) is 46.9 Å². The number of amides is 1. The van der Waals surface area contributed by atoms with Crippen molar-refractivity contribution in [2.24, 2.45) is 4.99 Å². The van der Waals surface area contributed by atoms with Gasteiger partial charge in [0.15, 0.2) is 5.84 Å². The van der Waals surface area contributed by atoms with E-state index >= 15 is 0 Å². The molecule has 1 amide bonds. The van der Waals surface area contributed by atoms with E-state index in [4.69, 9.17) is 9.73 Å². The van der Waals surface area contributed by atoms with Gasteiger partial charge in [0, 0.05) is 13.1 Å². The quantitative estimate of drug-likeness (QED) is 0.221. The van der Waals surface area contributed by atoms with Crippen LogP contribution in [0.5, 0.6) is 5.75 Å². The Morgan fingerprint density at radius 3 is 2.47 bits per heavy atom. The van der Waals surface area contributed by atoms with Crippen LogP contribution in [0.4, 0.5) is 11.4 Å². The first-order valence-corrected chi connectivity index (χ1v) is 10.4. The molecule has 0 aromatic heterocycles. The molecular formula is C23H29BrN4O4. The van der Waals surface area contributed by atoms with Gasteiger partial charge in [-0.25, -0.2) is 9.79 Å². The van der Waals surface area contributed by atoms with Gasteiger partial charge in [0.2, 0.25) is 0 Å². The van der Waals surface area contributed by atoms with E-state index in [1.165, 1.54) is 31.7 Å². The molecule has 2 aromatic rings. The topological polar surface area (TPSA) is 119 Å². The molecule has 8 nitrogen and oxygen atoms in total. The number of halogens is 1. The number of methoxy groups -OCH3 is 1. The Balaban J connectivity index is 0.00000363. The zero-order valence-corrected chi connectivity index (χ0v) is 19.9. The Kier molecular flexibility index (Phi) is 9.22. The average Bonchev–Trinajstić information content (AvgIpc) is 2.78. The predicted molar refractivity (Wildman–Crippen MR) is 119 cm³/mol. The molecule has 2 aromatic carbocycles. The van der Waals surface area contributed by atoms with Gasteiger partial charge >= 0.3 is 5.97 Å². The van der Waals surface area contributed by atoms with Crippen LogP contribution >= 0.6 is 0 Å². The average molecular weight is 505 g/mol. The lowest BCUT2D eigenvalue weighted by atomic mass is 10.1. The number of carbonyl (C=O) groups excluding carboxylic acids is 2. The molecule has 0 unspecified atom stereocenters. The minimum absolute atomic E-state index is 0. The van der Waals surface area contributed by atoms with Crippen molar-refractivity contribution >= 4 is 29.1 Å². The molecule has 1 fully saturated rings. The van der Waals surface area contributed by atoms with E-state index < -0.39 is 11.9 Å². The van der Waals surface area contributed by atoms with E-state index in [2.05, 4.69) is 16.0 Å². The number of hydrogen-bond donors (Lipinski definition) is 3. The summed E-state index contributed by atoms with van der Waals surface area (Å²) in [5, 5.41) is 12.4. The number of aliphatic imine (C=N–C) groups is 1. The van der Waals surface area contributed by atoms with Crippen LogP contribution in [0.15, 0.2) is 47.5 Å². The molecule has 0 aliphatic carbocycles. The molecule has 0 bridgehead atoms. The fraction of sp³-hybridized carbons (Fsp3) is 0.348. The zero-order valence-electron chi connectivity index (χ0n) is 18.3. The SMILES string of the molecule is COC(=O)c1cc(O)ccc1NC(=O)c1ccccc1N=C([C@H](C)[NH3+])N1CCCCC1.[Br-]. The van der Waals surface area contributed by atoms with Crippen LogP contribution in [0, 0.1) is 0 Å². The van der Waals surface area contributed by atoms with Gasteiger partial charge in [-0.15, -0.1) is 0 Å². The van der Waals surface area contributed by atoms with Gasteiger partial charge in [-0.05, 0) is 56.5 Å². The summed E-state index contributed by atoms with van der Waals surface area (Å²) in [7, 11) is 1.24. The van der Waals surface area contributed by atoms with Crippen molar-refractivity contribution in [2.75, 3.05) is 25.5 Å². The molecule has 1 heterocycles. The normalized spacial score (nSPS) is 14.8. The summed E-state index contributed by atoms with van der Waals surface area (Å²) in [5.74, 6) is -0.306. The molecular weight excluding hydrogens is 476 g/mol. The van der Waals surface area contributed by atoms with Crippen LogP contribution in [0.3, 0.4) is 0 Å². The summed E-state index contributed by atoms with van der Waals surface area (Å²) < 4.78 is 4.75. The third kappa shape index (κ3) is 6.08. The number of esters is 1. The van der Waals surface area contributed by atoms with Crippen molar-refractivity contribution in [1.29, 1.82) is 0 Å². The number of phenols is 1. The first-order chi connectivity index (χ1) is 14.9. The van der Waals surface area contributed by atoms with Crippen molar-refractivity contribution < 1.29 is 42.1 Å². The lowest BCUT2D eigenvalue weighted by Crippen LogP contribution is -3.00. The van der Waals surface area contributed by atoms with Gasteiger partial charge in [0.05, 0.1) is 29.6 Å². The van der Waals surface area contributed by atoms with E-state index in [1.807, 2.05) is 13.0 Å². The molecule has 1 saturated heterocycles. The lowest BCUT2D eigenvalue weighted by Gasteiger charge is -2.30. The number of nitrogens with zero attached hydrogens (tertiary/aromatic N) is 2. The van der Waals surface area contributed by atoms with Gasteiger partial charge in [-0.2, -0.15) is 0 Å². The number of piperidine rings is 1. The van der Waals surface area contributed by atoms with Gasteiger partial charge in [0.1, 0.15) is 11.8 Å². The number of phenolic OH excluding ortho intramolecular Hbond substituents is 1. The van der Waals surface area contributed by atoms with Crippen LogP contribution in [0.25, 0.3) is 0 Å². The van der Waals surface area contributed by atoms with Gasteiger partial charge in [-0.1, -0.05) is 12.1 Å². The largest absolute Gasteiger partial charge is 1.00 e. The van der Waals surface area contributed by atoms with Crippen molar-refractivity contribution in [3.8, 4) is 5.75 Å². The number of aromatic hydroxyl groups is 1. The van der Waals surface area contributed by atoms with E-state index in [1.54, 1.807) is 18.2 Å². The molecule has 172 valence electrons. The Morgan fingerprint density at radius 2 is 1.81 bits per heavy atom. The molecule has 0 saturated carbocycles. The van der Waals surface area contributed by atoms with Crippen LogP contribution in [-0.4, -0.2) is 54.0 Å². The third-order valence-corrected chi connectivity index (χ3v) is 5.16. The molecule has 0 radical (unpaired) electrons. The maximum atomic E-state index is 13.1. The van der Waals surface area contributed by atoms with Gasteiger partial charge in [-0.3, -0.25) is 4.79 Å². The highest BCUT2D eigenvalue weighted by Crippen LogP contribution is 2.26. The number of likely N-dealkylation sites (tertiary alicyclic amines) is 1. The summed E-state index contributed by atoms with van der Waals surface area (Å²) >= 11 is 0. The van der Waals surface area contributed by atoms with Crippen LogP contribution in [0.2, 0.25) is 0 Å². The van der Waals surface area contributed by atoms with E-state index in [0.717, 1.165) is 31.8 Å². The van der Waals surface area contributed by atoms with E-state index in [9.17, 15) is 14.7 Å². The number of benzene rings is 2. The standard InChI is InChI=1S/C23H28N4O4.BrH/c1-15(24)21(27-12-6-3-7-13-27)25-19-9-5-4-8-17(19)22(29)26-20-11-10-16(28)14-18(20)23(30)31-2;/h4-5,8-11,14-15,28H,3,6-7,12-13,24H2,1-2H3,(H,26,29);1H/t15-;/m0./s1. The second kappa shape index (κ2) is 11.6. The molecule has 3 rings (SSSR count). The second-order valence-corrected chi connectivity index (χ2v) is 7.61. The molecule has 5 N–H and O–H groups in total. The highest BCUT2D eigenvalue weighted by Gasteiger charge is 2.22. The Labute approximate surface area is 198 Å². The minimum atomic E-state index is -0.657. The summed E-state index contributed by atoms with van der Waals surface area (Å²) in [6.45, 7) is 3.86. The van der Waals surface area contributed by atoms with Crippen molar-refractivity contribution in [1.82, 2.24) is 4.90 Å². The zero-order chi connectivity index (χ0) is 22.4. The Hall–Kier alpha value is -2.91. The summed E-state index contributed by atoms with van der Waals surface area (Å²) in [5.41, 5.74) is 5.38. The van der Waals surface area contributed by atoms with Gasteiger partial charge < -0.3 is 42.8 Å². The minimum Gasteiger partial charge on any atom is -1.00 e. The Morgan fingerprint density at radius 1 is 1.12 bits per heavy atom. The summed E-state index contributed by atoms with van der Waals surface area (Å²) in [6.07, 6.45) is 3.44. The number of anilines is 1. The number of quaternary nitrogens is 1. The number of carbonyl (C=O) groups is 2. The van der Waals surface area contributed by atoms with Gasteiger partial charge in [0.25, 0.3) is 5.91 Å². The highest BCUT2D eigenvalue weighted by atomic mass is 79.9. The smallest absolute Gasteiger partial charge is 0.340 e. The number of hydrogen-bond acceptors (Lipinski definition) is 5. The maximum Gasteiger partial charge on any atom is 0.340 e. The van der Waals surface area contributed by atoms with Crippen molar-refractivity contribution in [2.45, 2.75) is 32.2 Å². The lowest BCUT2D eigenvalue weighted by molar-refractivity contribution is -0.391. The first-order valence-electron chi connectivity index (χ1n) is 10.4. The van der Waals surface area contributed by atoms with Crippen molar-refractivity contribution in [3.05, 3.63) is 53.6 Å². The maximum absolute atomic E-state index is 13.1. The third-order valence-electron chi connectivity index (χ3n) is 5.16.